The highest BCUT2D eigenvalue weighted by Crippen LogP contribution is 2.22. The Morgan fingerprint density at radius 2 is 1.85 bits per heavy atom. The predicted molar refractivity (Wildman–Crippen MR) is 136 cm³/mol. The van der Waals surface area contributed by atoms with E-state index in [2.05, 4.69) is 38.2 Å². The highest BCUT2D eigenvalue weighted by Gasteiger charge is 2.19. The van der Waals surface area contributed by atoms with Gasteiger partial charge in [-0.15, -0.1) is 0 Å². The van der Waals surface area contributed by atoms with E-state index in [0.29, 0.717) is 24.0 Å². The lowest BCUT2D eigenvalue weighted by Crippen LogP contribution is -2.07. The van der Waals surface area contributed by atoms with E-state index in [-0.39, 0.29) is 12.2 Å². The predicted octanol–water partition coefficient (Wildman–Crippen LogP) is 6.33. The van der Waals surface area contributed by atoms with Crippen LogP contribution in [-0.2, 0) is 24.7 Å². The Morgan fingerprint density at radius 1 is 1.09 bits per heavy atom. The molecule has 1 aromatic heterocycles. The number of carboxylic acids is 1. The van der Waals surface area contributed by atoms with E-state index >= 15 is 0 Å². The van der Waals surface area contributed by atoms with Gasteiger partial charge in [-0.2, -0.15) is 0 Å². The molecule has 0 fully saturated rings. The fourth-order valence-corrected chi connectivity index (χ4v) is 3.95. The second-order valence-electron chi connectivity index (χ2n) is 8.82. The van der Waals surface area contributed by atoms with E-state index in [1.165, 1.54) is 11.1 Å². The van der Waals surface area contributed by atoms with Crippen LogP contribution in [0, 0.1) is 0 Å². The summed E-state index contributed by atoms with van der Waals surface area (Å²) in [6.45, 7) is 9.15. The minimum Gasteiger partial charge on any atom is -0.481 e. The number of anilines is 1. The van der Waals surface area contributed by atoms with Gasteiger partial charge in [0.05, 0.1) is 0 Å². The molecule has 2 rings (SSSR count). The molecule has 0 atom stereocenters. The summed E-state index contributed by atoms with van der Waals surface area (Å²) >= 11 is 0. The van der Waals surface area contributed by atoms with Gasteiger partial charge in [0.25, 0.3) is 0 Å². The summed E-state index contributed by atoms with van der Waals surface area (Å²) in [6, 6.07) is 9.58. The Labute approximate surface area is 198 Å². The number of carbonyl (C=O) groups excluding carboxylic acids is 1. The molecule has 0 aliphatic carbocycles. The topological polar surface area (TPSA) is 71.3 Å². The van der Waals surface area contributed by atoms with Crippen molar-refractivity contribution in [3.05, 3.63) is 76.1 Å². The summed E-state index contributed by atoms with van der Waals surface area (Å²) in [7, 11) is 1.95. The molecular weight excluding hydrogens is 412 g/mol. The van der Waals surface area contributed by atoms with Crippen molar-refractivity contribution in [2.24, 2.45) is 7.05 Å². The maximum absolute atomic E-state index is 13.3. The number of nitrogens with zero attached hydrogens (tertiary/aromatic N) is 1. The van der Waals surface area contributed by atoms with Crippen LogP contribution in [0.3, 0.4) is 0 Å². The van der Waals surface area contributed by atoms with Crippen molar-refractivity contribution in [1.82, 2.24) is 4.57 Å². The van der Waals surface area contributed by atoms with Crippen LogP contribution in [0.2, 0.25) is 0 Å². The Balaban J connectivity index is 2.09. The molecule has 0 aliphatic rings. The third-order valence-electron chi connectivity index (χ3n) is 5.83. The molecule has 1 heterocycles. The second-order valence-corrected chi connectivity index (χ2v) is 8.82. The maximum Gasteiger partial charge on any atom is 0.303 e. The first-order valence-electron chi connectivity index (χ1n) is 11.8. The van der Waals surface area contributed by atoms with Crippen molar-refractivity contribution >= 4 is 17.4 Å². The van der Waals surface area contributed by atoms with Gasteiger partial charge >= 0.3 is 5.97 Å². The third kappa shape index (κ3) is 8.08. The number of aryl methyl sites for hydroxylation is 1. The SMILES string of the molecule is CCc1c(C(=O)c2cccc(NC/C=C(\C)CCC=C(C)C)c2)cc(CCCC(=O)O)n1C. The number of carboxylic acid groups (broad SMARTS) is 1. The summed E-state index contributed by atoms with van der Waals surface area (Å²) in [4.78, 5) is 24.2. The van der Waals surface area contributed by atoms with Crippen LogP contribution in [-0.4, -0.2) is 28.0 Å². The Bertz CT molecular complexity index is 1020. The Hall–Kier alpha value is -3.08. The minimum absolute atomic E-state index is 0.00373. The van der Waals surface area contributed by atoms with Crippen LogP contribution in [0.25, 0.3) is 0 Å². The van der Waals surface area contributed by atoms with E-state index in [4.69, 9.17) is 5.11 Å². The highest BCUT2D eigenvalue weighted by atomic mass is 16.4. The van der Waals surface area contributed by atoms with Crippen molar-refractivity contribution in [3.8, 4) is 0 Å². The van der Waals surface area contributed by atoms with E-state index in [1.54, 1.807) is 0 Å². The third-order valence-corrected chi connectivity index (χ3v) is 5.83. The van der Waals surface area contributed by atoms with E-state index in [9.17, 15) is 9.59 Å². The summed E-state index contributed by atoms with van der Waals surface area (Å²) in [6.07, 6.45) is 8.64. The zero-order valence-corrected chi connectivity index (χ0v) is 20.7. The van der Waals surface area contributed by atoms with E-state index in [0.717, 1.165) is 42.9 Å². The number of allylic oxidation sites excluding steroid dienone is 3. The molecule has 0 saturated carbocycles. The van der Waals surface area contributed by atoms with Gasteiger partial charge in [-0.1, -0.05) is 42.4 Å². The lowest BCUT2D eigenvalue weighted by Gasteiger charge is -2.09. The molecule has 5 nitrogen and oxygen atoms in total. The summed E-state index contributed by atoms with van der Waals surface area (Å²) < 4.78 is 2.04. The van der Waals surface area contributed by atoms with Crippen molar-refractivity contribution in [2.75, 3.05) is 11.9 Å². The van der Waals surface area contributed by atoms with Gasteiger partial charge in [-0.25, -0.2) is 0 Å². The monoisotopic (exact) mass is 450 g/mol. The molecule has 0 saturated heterocycles. The second kappa shape index (κ2) is 12.8. The molecule has 33 heavy (non-hydrogen) atoms. The first-order chi connectivity index (χ1) is 15.7. The van der Waals surface area contributed by atoms with Crippen LogP contribution < -0.4 is 5.32 Å². The molecule has 0 spiro atoms. The van der Waals surface area contributed by atoms with Crippen LogP contribution in [0.4, 0.5) is 5.69 Å². The zero-order valence-electron chi connectivity index (χ0n) is 20.7. The molecule has 2 aromatic rings. The molecule has 1 aromatic carbocycles. The Morgan fingerprint density at radius 3 is 2.52 bits per heavy atom. The largest absolute Gasteiger partial charge is 0.481 e. The van der Waals surface area contributed by atoms with Gasteiger partial charge in [-0.3, -0.25) is 9.59 Å². The van der Waals surface area contributed by atoms with Gasteiger partial charge < -0.3 is 15.0 Å². The van der Waals surface area contributed by atoms with Crippen molar-refractivity contribution in [1.29, 1.82) is 0 Å². The Kier molecular flexibility index (Phi) is 10.2. The lowest BCUT2D eigenvalue weighted by atomic mass is 10.0. The molecule has 0 aliphatic heterocycles. The van der Waals surface area contributed by atoms with E-state index in [1.807, 2.05) is 48.9 Å². The first-order valence-corrected chi connectivity index (χ1v) is 11.8. The standard InChI is InChI=1S/C28H38N2O3/c1-6-26-25(19-24(30(26)5)14-9-15-27(31)32)28(33)22-12-8-13-23(18-22)29-17-16-21(4)11-7-10-20(2)3/h8,10,12-13,16,18-19,29H,6-7,9,11,14-15,17H2,1-5H3,(H,31,32)/b21-16+. The van der Waals surface area contributed by atoms with Gasteiger partial charge in [0.1, 0.15) is 0 Å². The van der Waals surface area contributed by atoms with Gasteiger partial charge in [0, 0.05) is 48.2 Å². The molecule has 5 heteroatoms. The number of benzene rings is 1. The molecule has 178 valence electrons. The van der Waals surface area contributed by atoms with Gasteiger partial charge in [0.15, 0.2) is 5.78 Å². The zero-order chi connectivity index (χ0) is 24.4. The number of hydrogen-bond acceptors (Lipinski definition) is 3. The van der Waals surface area contributed by atoms with Crippen molar-refractivity contribution in [2.45, 2.75) is 66.2 Å². The smallest absolute Gasteiger partial charge is 0.303 e. The average Bonchev–Trinajstić information content (AvgIpc) is 3.08. The first kappa shape index (κ1) is 26.2. The maximum atomic E-state index is 13.3. The van der Waals surface area contributed by atoms with Gasteiger partial charge in [-0.05, 0) is 71.1 Å². The summed E-state index contributed by atoms with van der Waals surface area (Å²) in [5, 5.41) is 12.3. The molecule has 0 bridgehead atoms. The van der Waals surface area contributed by atoms with E-state index < -0.39 is 5.97 Å². The van der Waals surface area contributed by atoms with Crippen molar-refractivity contribution < 1.29 is 14.7 Å². The van der Waals surface area contributed by atoms with Crippen LogP contribution in [0.15, 0.2) is 53.6 Å². The molecule has 0 radical (unpaired) electrons. The highest BCUT2D eigenvalue weighted by molar-refractivity contribution is 6.10. The van der Waals surface area contributed by atoms with Gasteiger partial charge in [0.2, 0.25) is 0 Å². The number of nitrogens with one attached hydrogen (secondary N) is 1. The number of aromatic nitrogens is 1. The quantitative estimate of drug-likeness (QED) is 0.276. The lowest BCUT2D eigenvalue weighted by molar-refractivity contribution is -0.137. The molecule has 0 unspecified atom stereocenters. The fraction of sp³-hybridized carbons (Fsp3) is 0.429. The van der Waals surface area contributed by atoms with Crippen molar-refractivity contribution in [3.63, 3.8) is 0 Å². The normalized spacial score (nSPS) is 11.4. The number of aliphatic carboxylic acids is 1. The summed E-state index contributed by atoms with van der Waals surface area (Å²) in [5.41, 5.74) is 6.96. The van der Waals surface area contributed by atoms with Crippen LogP contribution in [0.1, 0.15) is 80.7 Å². The average molecular weight is 451 g/mol. The minimum atomic E-state index is -0.793. The molecule has 0 amide bonds. The number of hydrogen-bond donors (Lipinski definition) is 2. The fourth-order valence-electron chi connectivity index (χ4n) is 3.95. The number of ketones is 1. The number of carbonyl (C=O) groups is 2. The molecular formula is C28H38N2O3. The number of rotatable bonds is 13. The summed E-state index contributed by atoms with van der Waals surface area (Å²) in [5.74, 6) is -0.789. The molecule has 2 N–H and O–H groups in total. The van der Waals surface area contributed by atoms with Crippen LogP contribution >= 0.6 is 0 Å². The van der Waals surface area contributed by atoms with Crippen LogP contribution in [0.5, 0.6) is 0 Å².